The molecule has 9 heteroatoms. The summed E-state index contributed by atoms with van der Waals surface area (Å²) in [4.78, 5) is 14.5. The van der Waals surface area contributed by atoms with Crippen molar-refractivity contribution in [3.63, 3.8) is 0 Å². The van der Waals surface area contributed by atoms with E-state index in [-0.39, 0.29) is 25.3 Å². The Morgan fingerprint density at radius 3 is 2.77 bits per heavy atom. The third-order valence-electron chi connectivity index (χ3n) is 4.48. The quantitative estimate of drug-likeness (QED) is 0.715. The van der Waals surface area contributed by atoms with Gasteiger partial charge in [-0.3, -0.25) is 4.79 Å². The molecule has 2 heterocycles. The predicted octanol–water partition coefficient (Wildman–Crippen LogP) is 0.334. The molecule has 142 valence electrons. The van der Waals surface area contributed by atoms with E-state index in [0.29, 0.717) is 18.0 Å². The number of carbonyl (C=O) groups excluding carboxylic acids is 1. The number of benzene rings is 1. The van der Waals surface area contributed by atoms with Crippen molar-refractivity contribution < 1.29 is 22.7 Å². The molecule has 1 aromatic carbocycles. The van der Waals surface area contributed by atoms with Gasteiger partial charge in [-0.1, -0.05) is 18.2 Å². The van der Waals surface area contributed by atoms with E-state index in [1.807, 2.05) is 37.2 Å². The number of nitrogens with one attached hydrogen (secondary N) is 1. The van der Waals surface area contributed by atoms with Gasteiger partial charge in [0.15, 0.2) is 11.5 Å². The molecule has 0 saturated carbocycles. The van der Waals surface area contributed by atoms with Gasteiger partial charge in [-0.15, -0.1) is 0 Å². The first kappa shape index (κ1) is 18.7. The highest BCUT2D eigenvalue weighted by Gasteiger charge is 2.33. The van der Waals surface area contributed by atoms with Crippen LogP contribution in [0.15, 0.2) is 30.4 Å². The smallest absolute Gasteiger partial charge is 0.242 e. The highest BCUT2D eigenvalue weighted by atomic mass is 32.2. The van der Waals surface area contributed by atoms with Gasteiger partial charge in [0.2, 0.25) is 22.7 Å². The van der Waals surface area contributed by atoms with Crippen LogP contribution >= 0.6 is 0 Å². The number of likely N-dealkylation sites (N-methyl/N-ethyl adjacent to an activating group) is 1. The minimum absolute atomic E-state index is 0.0921. The molecule has 0 saturated heterocycles. The second kappa shape index (κ2) is 7.26. The zero-order valence-electron chi connectivity index (χ0n) is 15.0. The summed E-state index contributed by atoms with van der Waals surface area (Å²) < 4.78 is 35.5. The molecule has 0 aromatic heterocycles. The highest BCUT2D eigenvalue weighted by Crippen LogP contribution is 2.35. The lowest BCUT2D eigenvalue weighted by Crippen LogP contribution is -2.47. The first-order valence-electron chi connectivity index (χ1n) is 8.24. The summed E-state index contributed by atoms with van der Waals surface area (Å²) in [6, 6.07) is 4.79. The summed E-state index contributed by atoms with van der Waals surface area (Å²) in [6.07, 6.45) is 4.41. The van der Waals surface area contributed by atoms with E-state index >= 15 is 0 Å². The van der Waals surface area contributed by atoms with Crippen LogP contribution in [0.25, 0.3) is 0 Å². The Balaban J connectivity index is 1.69. The van der Waals surface area contributed by atoms with Gasteiger partial charge in [-0.2, -0.15) is 4.31 Å². The van der Waals surface area contributed by atoms with Gasteiger partial charge >= 0.3 is 0 Å². The molecular formula is C17H23N3O5S. The SMILES string of the molecule is CN(C)[C@H](CNC(=O)[C@H]1C=CCN1S(C)(=O)=O)c1ccc2c(c1)OCO2. The standard InChI is InChI=1S/C17H23N3O5S/c1-19(2)14(12-6-7-15-16(9-12)25-11-24-15)10-18-17(21)13-5-4-8-20(13)26(3,22)23/h4-7,9,13-14H,8,10-11H2,1-3H3,(H,18,21)/t13-,14-/m1/s1. The maximum absolute atomic E-state index is 12.5. The summed E-state index contributed by atoms with van der Waals surface area (Å²) in [5.74, 6) is 1.05. The number of nitrogens with zero attached hydrogens (tertiary/aromatic N) is 2. The lowest BCUT2D eigenvalue weighted by Gasteiger charge is -2.27. The van der Waals surface area contributed by atoms with Gasteiger partial charge in [0.05, 0.1) is 12.3 Å². The second-order valence-electron chi connectivity index (χ2n) is 6.54. The van der Waals surface area contributed by atoms with E-state index in [4.69, 9.17) is 9.47 Å². The molecule has 0 spiro atoms. The normalized spacial score (nSPS) is 20.5. The number of hydrogen-bond donors (Lipinski definition) is 1. The van der Waals surface area contributed by atoms with Gasteiger partial charge in [0.25, 0.3) is 0 Å². The molecule has 3 rings (SSSR count). The van der Waals surface area contributed by atoms with E-state index < -0.39 is 16.1 Å². The summed E-state index contributed by atoms with van der Waals surface area (Å²) >= 11 is 0. The van der Waals surface area contributed by atoms with Gasteiger partial charge in [0, 0.05) is 13.1 Å². The minimum atomic E-state index is -3.44. The van der Waals surface area contributed by atoms with Gasteiger partial charge < -0.3 is 19.7 Å². The molecule has 2 aliphatic heterocycles. The van der Waals surface area contributed by atoms with Crippen LogP contribution in [-0.2, 0) is 14.8 Å². The third kappa shape index (κ3) is 3.84. The second-order valence-corrected chi connectivity index (χ2v) is 8.48. The topological polar surface area (TPSA) is 88.2 Å². The van der Waals surface area contributed by atoms with Crippen LogP contribution in [0.2, 0.25) is 0 Å². The van der Waals surface area contributed by atoms with Crippen LogP contribution in [0.4, 0.5) is 0 Å². The minimum Gasteiger partial charge on any atom is -0.454 e. The van der Waals surface area contributed by atoms with Crippen molar-refractivity contribution in [3.05, 3.63) is 35.9 Å². The van der Waals surface area contributed by atoms with Crippen molar-refractivity contribution in [1.82, 2.24) is 14.5 Å². The van der Waals surface area contributed by atoms with Crippen LogP contribution in [-0.4, -0.2) is 69.8 Å². The zero-order chi connectivity index (χ0) is 18.9. The number of rotatable bonds is 6. The van der Waals surface area contributed by atoms with E-state index in [1.165, 1.54) is 4.31 Å². The van der Waals surface area contributed by atoms with E-state index in [2.05, 4.69) is 5.32 Å². The summed E-state index contributed by atoms with van der Waals surface area (Å²) in [5.41, 5.74) is 0.974. The maximum atomic E-state index is 12.5. The Morgan fingerprint density at radius 2 is 2.08 bits per heavy atom. The molecule has 0 aliphatic carbocycles. The number of ether oxygens (including phenoxy) is 2. The lowest BCUT2D eigenvalue weighted by molar-refractivity contribution is -0.123. The first-order chi connectivity index (χ1) is 12.3. The van der Waals surface area contributed by atoms with E-state index in [1.54, 1.807) is 12.2 Å². The predicted molar refractivity (Wildman–Crippen MR) is 96.5 cm³/mol. The molecule has 0 radical (unpaired) electrons. The Morgan fingerprint density at radius 1 is 1.35 bits per heavy atom. The fourth-order valence-electron chi connectivity index (χ4n) is 3.08. The molecule has 1 N–H and O–H groups in total. The Bertz CT molecular complexity index is 822. The molecule has 0 fully saturated rings. The van der Waals surface area contributed by atoms with E-state index in [9.17, 15) is 13.2 Å². The Hall–Kier alpha value is -2.10. The van der Waals surface area contributed by atoms with Gasteiger partial charge in [-0.05, 0) is 31.8 Å². The number of sulfonamides is 1. The van der Waals surface area contributed by atoms with Crippen molar-refractivity contribution in [1.29, 1.82) is 0 Å². The molecule has 2 atom stereocenters. The van der Waals surface area contributed by atoms with Crippen molar-refractivity contribution >= 4 is 15.9 Å². The summed E-state index contributed by atoms with van der Waals surface area (Å²) in [5, 5.41) is 2.86. The molecule has 1 amide bonds. The van der Waals surface area contributed by atoms with Gasteiger partial charge in [-0.25, -0.2) is 8.42 Å². The van der Waals surface area contributed by atoms with Crippen molar-refractivity contribution in [2.24, 2.45) is 0 Å². The fraction of sp³-hybridized carbons (Fsp3) is 0.471. The molecule has 0 bridgehead atoms. The number of carbonyl (C=O) groups is 1. The van der Waals surface area contributed by atoms with Crippen molar-refractivity contribution in [2.45, 2.75) is 12.1 Å². The van der Waals surface area contributed by atoms with Crippen molar-refractivity contribution in [3.8, 4) is 11.5 Å². The zero-order valence-corrected chi connectivity index (χ0v) is 15.8. The van der Waals surface area contributed by atoms with E-state index in [0.717, 1.165) is 11.8 Å². The molecule has 8 nitrogen and oxygen atoms in total. The van der Waals surface area contributed by atoms with Gasteiger partial charge in [0.1, 0.15) is 6.04 Å². The molecule has 1 aromatic rings. The average molecular weight is 381 g/mol. The molecule has 26 heavy (non-hydrogen) atoms. The first-order valence-corrected chi connectivity index (χ1v) is 10.1. The number of amides is 1. The molecule has 0 unspecified atom stereocenters. The monoisotopic (exact) mass is 381 g/mol. The summed E-state index contributed by atoms with van der Waals surface area (Å²) in [7, 11) is 0.391. The number of hydrogen-bond acceptors (Lipinski definition) is 6. The largest absolute Gasteiger partial charge is 0.454 e. The van der Waals surface area contributed by atoms with Crippen molar-refractivity contribution in [2.75, 3.05) is 40.2 Å². The Labute approximate surface area is 153 Å². The fourth-order valence-corrected chi connectivity index (χ4v) is 4.02. The summed E-state index contributed by atoms with van der Waals surface area (Å²) in [6.45, 7) is 0.765. The Kier molecular flexibility index (Phi) is 5.22. The average Bonchev–Trinajstić information content (AvgIpc) is 3.22. The van der Waals surface area contributed by atoms with Crippen LogP contribution in [0.3, 0.4) is 0 Å². The maximum Gasteiger partial charge on any atom is 0.242 e. The van der Waals surface area contributed by atoms with Crippen LogP contribution in [0.5, 0.6) is 11.5 Å². The molecule has 2 aliphatic rings. The molecular weight excluding hydrogens is 358 g/mol. The van der Waals surface area contributed by atoms with Crippen LogP contribution in [0.1, 0.15) is 11.6 Å². The third-order valence-corrected chi connectivity index (χ3v) is 5.71. The highest BCUT2D eigenvalue weighted by molar-refractivity contribution is 7.88. The number of fused-ring (bicyclic) bond motifs is 1. The van der Waals surface area contributed by atoms with Crippen LogP contribution in [0, 0.1) is 0 Å². The lowest BCUT2D eigenvalue weighted by atomic mass is 10.0. The van der Waals surface area contributed by atoms with Crippen LogP contribution < -0.4 is 14.8 Å².